The van der Waals surface area contributed by atoms with Crippen molar-refractivity contribution in [2.45, 2.75) is 19.4 Å². The van der Waals surface area contributed by atoms with E-state index in [-0.39, 0.29) is 18.6 Å². The number of rotatable bonds is 2. The van der Waals surface area contributed by atoms with E-state index in [1.165, 1.54) is 0 Å². The molecular formula is C11H14N2O2. The number of hydrogen-bond donors (Lipinski definition) is 2. The molecule has 0 aromatic heterocycles. The first kappa shape index (κ1) is 9.98. The lowest BCUT2D eigenvalue weighted by Gasteiger charge is -2.18. The molecule has 1 atom stereocenters. The number of fused-ring (bicyclic) bond motifs is 1. The van der Waals surface area contributed by atoms with E-state index in [9.17, 15) is 4.79 Å². The van der Waals surface area contributed by atoms with Gasteiger partial charge in [0, 0.05) is 6.04 Å². The zero-order chi connectivity index (χ0) is 10.8. The van der Waals surface area contributed by atoms with E-state index in [0.29, 0.717) is 0 Å². The highest BCUT2D eigenvalue weighted by atomic mass is 16.5. The fourth-order valence-electron chi connectivity index (χ4n) is 1.63. The van der Waals surface area contributed by atoms with Crippen LogP contribution in [0.5, 0.6) is 5.75 Å². The third-order valence-corrected chi connectivity index (χ3v) is 2.23. The maximum absolute atomic E-state index is 11.1. The SMILES string of the molecule is CC(N)Cc1ccc2c(c1)NC(=O)CO2. The third kappa shape index (κ3) is 2.27. The number of anilines is 1. The van der Waals surface area contributed by atoms with Gasteiger partial charge in [0.15, 0.2) is 6.61 Å². The van der Waals surface area contributed by atoms with E-state index in [4.69, 9.17) is 10.5 Å². The lowest BCUT2D eigenvalue weighted by Crippen LogP contribution is -2.25. The summed E-state index contributed by atoms with van der Waals surface area (Å²) in [6.45, 7) is 2.05. The second kappa shape index (κ2) is 3.90. The molecule has 1 aromatic carbocycles. The number of carbonyl (C=O) groups is 1. The van der Waals surface area contributed by atoms with Crippen LogP contribution in [0, 0.1) is 0 Å². The highest BCUT2D eigenvalue weighted by molar-refractivity contribution is 5.95. The highest BCUT2D eigenvalue weighted by Gasteiger charge is 2.15. The summed E-state index contributed by atoms with van der Waals surface area (Å²) < 4.78 is 5.25. The lowest BCUT2D eigenvalue weighted by molar-refractivity contribution is -0.118. The molecule has 1 aromatic rings. The number of nitrogens with two attached hydrogens (primary N) is 1. The van der Waals surface area contributed by atoms with E-state index in [2.05, 4.69) is 5.32 Å². The van der Waals surface area contributed by atoms with Crippen molar-refractivity contribution in [1.82, 2.24) is 0 Å². The van der Waals surface area contributed by atoms with Gasteiger partial charge in [0.05, 0.1) is 5.69 Å². The fraction of sp³-hybridized carbons (Fsp3) is 0.364. The minimum atomic E-state index is -0.111. The molecule has 1 aliphatic heterocycles. The number of nitrogens with one attached hydrogen (secondary N) is 1. The summed E-state index contributed by atoms with van der Waals surface area (Å²) in [6.07, 6.45) is 0.795. The Morgan fingerprint density at radius 2 is 2.40 bits per heavy atom. The van der Waals surface area contributed by atoms with Crippen LogP contribution in [0.3, 0.4) is 0 Å². The van der Waals surface area contributed by atoms with Gasteiger partial charge >= 0.3 is 0 Å². The molecule has 4 heteroatoms. The van der Waals surface area contributed by atoms with Crippen LogP contribution >= 0.6 is 0 Å². The van der Waals surface area contributed by atoms with Crippen LogP contribution in [0.2, 0.25) is 0 Å². The Balaban J connectivity index is 2.24. The van der Waals surface area contributed by atoms with Gasteiger partial charge in [-0.3, -0.25) is 4.79 Å². The Morgan fingerprint density at radius 3 is 3.13 bits per heavy atom. The normalized spacial score (nSPS) is 16.3. The Bertz CT molecular complexity index is 388. The van der Waals surface area contributed by atoms with E-state index >= 15 is 0 Å². The maximum atomic E-state index is 11.1. The van der Waals surface area contributed by atoms with E-state index in [1.54, 1.807) is 0 Å². The van der Waals surface area contributed by atoms with E-state index in [1.807, 2.05) is 25.1 Å². The maximum Gasteiger partial charge on any atom is 0.262 e. The molecule has 15 heavy (non-hydrogen) atoms. The quantitative estimate of drug-likeness (QED) is 0.755. The summed E-state index contributed by atoms with van der Waals surface area (Å²) in [5.74, 6) is 0.614. The van der Waals surface area contributed by atoms with Crippen molar-refractivity contribution >= 4 is 11.6 Å². The first-order valence-corrected chi connectivity index (χ1v) is 4.96. The van der Waals surface area contributed by atoms with Crippen LogP contribution in [0.1, 0.15) is 12.5 Å². The minimum Gasteiger partial charge on any atom is -0.482 e. The minimum absolute atomic E-state index is 0.0969. The van der Waals surface area contributed by atoms with Crippen LogP contribution in [0.25, 0.3) is 0 Å². The topological polar surface area (TPSA) is 64.3 Å². The Morgan fingerprint density at radius 1 is 1.60 bits per heavy atom. The van der Waals surface area contributed by atoms with Gasteiger partial charge in [-0.25, -0.2) is 0 Å². The fourth-order valence-corrected chi connectivity index (χ4v) is 1.63. The summed E-state index contributed by atoms with van der Waals surface area (Å²) >= 11 is 0. The van der Waals surface area contributed by atoms with Crippen molar-refractivity contribution in [3.63, 3.8) is 0 Å². The van der Waals surface area contributed by atoms with Crippen LogP contribution in [-0.4, -0.2) is 18.6 Å². The number of ether oxygens (including phenoxy) is 1. The monoisotopic (exact) mass is 206 g/mol. The summed E-state index contributed by atoms with van der Waals surface area (Å²) in [5.41, 5.74) is 7.56. The van der Waals surface area contributed by atoms with E-state index in [0.717, 1.165) is 23.4 Å². The molecule has 0 radical (unpaired) electrons. The molecule has 3 N–H and O–H groups in total. The van der Waals surface area contributed by atoms with Gasteiger partial charge in [0.25, 0.3) is 5.91 Å². The molecule has 0 spiro atoms. The predicted octanol–water partition coefficient (Wildman–Crippen LogP) is 0.907. The average molecular weight is 206 g/mol. The summed E-state index contributed by atoms with van der Waals surface area (Å²) in [7, 11) is 0. The van der Waals surface area contributed by atoms with Crippen LogP contribution in [0.4, 0.5) is 5.69 Å². The molecule has 0 saturated heterocycles. The van der Waals surface area contributed by atoms with Gasteiger partial charge in [-0.05, 0) is 31.0 Å². The van der Waals surface area contributed by atoms with Gasteiger partial charge in [0.2, 0.25) is 0 Å². The molecule has 4 nitrogen and oxygen atoms in total. The zero-order valence-corrected chi connectivity index (χ0v) is 8.62. The summed E-state index contributed by atoms with van der Waals surface area (Å²) in [6, 6.07) is 5.87. The Kier molecular flexibility index (Phi) is 2.60. The molecule has 0 bridgehead atoms. The molecule has 0 aliphatic carbocycles. The van der Waals surface area contributed by atoms with Crippen molar-refractivity contribution in [3.05, 3.63) is 23.8 Å². The van der Waals surface area contributed by atoms with Crippen molar-refractivity contribution in [2.75, 3.05) is 11.9 Å². The second-order valence-corrected chi connectivity index (χ2v) is 3.85. The van der Waals surface area contributed by atoms with E-state index < -0.39 is 0 Å². The van der Waals surface area contributed by atoms with Crippen LogP contribution in [-0.2, 0) is 11.2 Å². The van der Waals surface area contributed by atoms with Gasteiger partial charge in [-0.2, -0.15) is 0 Å². The van der Waals surface area contributed by atoms with Crippen molar-refractivity contribution < 1.29 is 9.53 Å². The smallest absolute Gasteiger partial charge is 0.262 e. The molecule has 1 heterocycles. The number of benzene rings is 1. The Labute approximate surface area is 88.4 Å². The van der Waals surface area contributed by atoms with Crippen LogP contribution in [0.15, 0.2) is 18.2 Å². The summed E-state index contributed by atoms with van der Waals surface area (Å²) in [5, 5.41) is 2.77. The predicted molar refractivity (Wildman–Crippen MR) is 57.9 cm³/mol. The lowest BCUT2D eigenvalue weighted by atomic mass is 10.1. The molecule has 0 fully saturated rings. The molecule has 1 amide bonds. The Hall–Kier alpha value is -1.55. The first-order valence-electron chi connectivity index (χ1n) is 4.96. The van der Waals surface area contributed by atoms with Gasteiger partial charge in [-0.1, -0.05) is 6.07 Å². The van der Waals surface area contributed by atoms with Crippen molar-refractivity contribution in [3.8, 4) is 5.75 Å². The second-order valence-electron chi connectivity index (χ2n) is 3.85. The molecule has 2 rings (SSSR count). The number of hydrogen-bond acceptors (Lipinski definition) is 3. The first-order chi connectivity index (χ1) is 7.15. The highest BCUT2D eigenvalue weighted by Crippen LogP contribution is 2.28. The zero-order valence-electron chi connectivity index (χ0n) is 8.62. The average Bonchev–Trinajstić information content (AvgIpc) is 2.16. The van der Waals surface area contributed by atoms with Crippen molar-refractivity contribution in [1.29, 1.82) is 0 Å². The molecular weight excluding hydrogens is 192 g/mol. The van der Waals surface area contributed by atoms with Crippen molar-refractivity contribution in [2.24, 2.45) is 5.73 Å². The number of carbonyl (C=O) groups excluding carboxylic acids is 1. The van der Waals surface area contributed by atoms with Gasteiger partial charge in [-0.15, -0.1) is 0 Å². The largest absolute Gasteiger partial charge is 0.482 e. The number of amides is 1. The molecule has 0 saturated carbocycles. The molecule has 1 aliphatic rings. The standard InChI is InChI=1S/C11H14N2O2/c1-7(12)4-8-2-3-10-9(5-8)13-11(14)6-15-10/h2-3,5,7H,4,6,12H2,1H3,(H,13,14). The van der Waals surface area contributed by atoms with Crippen LogP contribution < -0.4 is 15.8 Å². The summed E-state index contributed by atoms with van der Waals surface area (Å²) in [4.78, 5) is 11.1. The molecule has 1 unspecified atom stereocenters. The molecule has 80 valence electrons. The van der Waals surface area contributed by atoms with Gasteiger partial charge in [0.1, 0.15) is 5.75 Å². The third-order valence-electron chi connectivity index (χ3n) is 2.23. The van der Waals surface area contributed by atoms with Gasteiger partial charge < -0.3 is 15.8 Å².